The Kier molecular flexibility index (Phi) is 2.73. The Labute approximate surface area is 106 Å². The molecule has 1 aliphatic carbocycles. The Hall–Kier alpha value is -1.11. The summed E-state index contributed by atoms with van der Waals surface area (Å²) in [5.74, 6) is -1.51. The maximum atomic E-state index is 11.9. The quantitative estimate of drug-likeness (QED) is 0.813. The summed E-state index contributed by atoms with van der Waals surface area (Å²) in [6, 6.07) is 0. The van der Waals surface area contributed by atoms with Crippen LogP contribution >= 0.6 is 0 Å². The topological polar surface area (TPSA) is 91.8 Å². The van der Waals surface area contributed by atoms with Crippen molar-refractivity contribution < 1.29 is 23.1 Å². The Bertz CT molecular complexity index is 502. The maximum absolute atomic E-state index is 11.9. The monoisotopic (exact) mass is 275 g/mol. The van der Waals surface area contributed by atoms with Gasteiger partial charge in [0.15, 0.2) is 4.75 Å². The fourth-order valence-electron chi connectivity index (χ4n) is 2.68. The third kappa shape index (κ3) is 1.49. The number of carbonyl (C=O) groups excluding carboxylic acids is 1. The summed E-state index contributed by atoms with van der Waals surface area (Å²) >= 11 is 0. The minimum absolute atomic E-state index is 0.215. The van der Waals surface area contributed by atoms with E-state index in [0.29, 0.717) is 12.8 Å². The highest BCUT2D eigenvalue weighted by molar-refractivity contribution is 7.94. The molecule has 1 saturated heterocycles. The number of hydrogen-bond donors (Lipinski definition) is 1. The van der Waals surface area contributed by atoms with Gasteiger partial charge >= 0.3 is 5.97 Å². The van der Waals surface area contributed by atoms with Crippen molar-refractivity contribution >= 4 is 21.9 Å². The van der Waals surface area contributed by atoms with Crippen LogP contribution < -0.4 is 0 Å². The van der Waals surface area contributed by atoms with Crippen molar-refractivity contribution in [2.24, 2.45) is 5.41 Å². The molecule has 0 radical (unpaired) electrons. The van der Waals surface area contributed by atoms with E-state index in [-0.39, 0.29) is 6.54 Å². The second-order valence-corrected chi connectivity index (χ2v) is 8.03. The first kappa shape index (κ1) is 13.3. The Balaban J connectivity index is 2.26. The molecule has 2 aliphatic rings. The molecule has 7 heteroatoms. The lowest BCUT2D eigenvalue weighted by molar-refractivity contribution is -0.150. The Morgan fingerprint density at radius 3 is 2.22 bits per heavy atom. The molecule has 2 fully saturated rings. The van der Waals surface area contributed by atoms with Crippen molar-refractivity contribution in [1.82, 2.24) is 4.31 Å². The molecule has 1 amide bonds. The van der Waals surface area contributed by atoms with Gasteiger partial charge in [-0.1, -0.05) is 12.8 Å². The second kappa shape index (κ2) is 3.69. The summed E-state index contributed by atoms with van der Waals surface area (Å²) in [5, 5.41) is 9.29. The fraction of sp³-hybridized carbons (Fsp3) is 0.818. The summed E-state index contributed by atoms with van der Waals surface area (Å²) in [6.07, 6.45) is 2.39. The molecule has 0 bridgehead atoms. The van der Waals surface area contributed by atoms with Crippen LogP contribution in [0.25, 0.3) is 0 Å². The number of carbonyl (C=O) groups is 2. The molecule has 0 spiro atoms. The van der Waals surface area contributed by atoms with Crippen LogP contribution in [0.4, 0.5) is 0 Å². The molecule has 0 aromatic heterocycles. The lowest BCUT2D eigenvalue weighted by Gasteiger charge is -2.45. The number of rotatable bonds is 3. The van der Waals surface area contributed by atoms with Gasteiger partial charge in [0.25, 0.3) is 15.9 Å². The summed E-state index contributed by atoms with van der Waals surface area (Å²) in [5.41, 5.74) is -1.08. The van der Waals surface area contributed by atoms with Crippen LogP contribution in [0, 0.1) is 5.41 Å². The molecule has 1 N–H and O–H groups in total. The standard InChI is InChI=1S/C11H17NO5S/c1-10(2)8(13)12(18(10,16)17)7-11(9(14)15)5-3-4-6-11/h3-7H2,1-2H3,(H,14,15). The first-order valence-electron chi connectivity index (χ1n) is 5.95. The Morgan fingerprint density at radius 1 is 1.33 bits per heavy atom. The van der Waals surface area contributed by atoms with Crippen molar-refractivity contribution in [1.29, 1.82) is 0 Å². The largest absolute Gasteiger partial charge is 0.481 e. The third-order valence-corrected chi connectivity index (χ3v) is 6.48. The van der Waals surface area contributed by atoms with Crippen molar-refractivity contribution in [3.05, 3.63) is 0 Å². The summed E-state index contributed by atoms with van der Waals surface area (Å²) in [6.45, 7) is 2.49. The number of nitrogens with zero attached hydrogens (tertiary/aromatic N) is 1. The van der Waals surface area contributed by atoms with Crippen LogP contribution in [0.1, 0.15) is 39.5 Å². The molecule has 1 aliphatic heterocycles. The molecule has 0 aromatic rings. The molecule has 6 nitrogen and oxygen atoms in total. The first-order chi connectivity index (χ1) is 8.15. The van der Waals surface area contributed by atoms with E-state index < -0.39 is 32.1 Å². The van der Waals surface area contributed by atoms with Crippen LogP contribution in [0.15, 0.2) is 0 Å². The van der Waals surface area contributed by atoms with E-state index in [1.54, 1.807) is 0 Å². The Morgan fingerprint density at radius 2 is 1.83 bits per heavy atom. The average Bonchev–Trinajstić information content (AvgIpc) is 2.74. The van der Waals surface area contributed by atoms with Gasteiger partial charge in [-0.15, -0.1) is 0 Å². The number of hydrogen-bond acceptors (Lipinski definition) is 4. The number of carboxylic acid groups (broad SMARTS) is 1. The van der Waals surface area contributed by atoms with Gasteiger partial charge in [0.05, 0.1) is 12.0 Å². The van der Waals surface area contributed by atoms with Crippen molar-refractivity contribution in [2.75, 3.05) is 6.54 Å². The highest BCUT2D eigenvalue weighted by atomic mass is 32.2. The van der Waals surface area contributed by atoms with E-state index >= 15 is 0 Å². The van der Waals surface area contributed by atoms with Crippen LogP contribution in [-0.2, 0) is 19.6 Å². The van der Waals surface area contributed by atoms with Gasteiger partial charge in [0.2, 0.25) is 0 Å². The zero-order valence-corrected chi connectivity index (χ0v) is 11.3. The van der Waals surface area contributed by atoms with E-state index in [0.717, 1.165) is 17.1 Å². The third-order valence-electron chi connectivity index (χ3n) is 4.14. The number of carboxylic acids is 1. The van der Waals surface area contributed by atoms with Gasteiger partial charge in [-0.25, -0.2) is 12.7 Å². The van der Waals surface area contributed by atoms with Crippen LogP contribution in [0.3, 0.4) is 0 Å². The van der Waals surface area contributed by atoms with Gasteiger partial charge in [-0.05, 0) is 26.7 Å². The highest BCUT2D eigenvalue weighted by Crippen LogP contribution is 2.44. The van der Waals surface area contributed by atoms with Crippen molar-refractivity contribution in [3.8, 4) is 0 Å². The van der Waals surface area contributed by atoms with Crippen LogP contribution in [-0.4, -0.2) is 41.0 Å². The first-order valence-corrected chi connectivity index (χ1v) is 7.39. The molecule has 0 aromatic carbocycles. The van der Waals surface area contributed by atoms with E-state index in [4.69, 9.17) is 0 Å². The molecule has 0 atom stereocenters. The fourth-order valence-corrected chi connectivity index (χ4v) is 4.29. The van der Waals surface area contributed by atoms with Gasteiger partial charge in [0, 0.05) is 0 Å². The molecular formula is C11H17NO5S. The summed E-state index contributed by atoms with van der Waals surface area (Å²) < 4.78 is 23.2. The van der Waals surface area contributed by atoms with Crippen molar-refractivity contribution in [2.45, 2.75) is 44.3 Å². The van der Waals surface area contributed by atoms with Gasteiger partial charge in [0.1, 0.15) is 0 Å². The van der Waals surface area contributed by atoms with Crippen LogP contribution in [0.2, 0.25) is 0 Å². The lowest BCUT2D eigenvalue weighted by Crippen LogP contribution is -2.69. The van der Waals surface area contributed by atoms with Crippen LogP contribution in [0.5, 0.6) is 0 Å². The smallest absolute Gasteiger partial charge is 0.311 e. The predicted octanol–water partition coefficient (Wildman–Crippen LogP) is 0.582. The summed E-state index contributed by atoms with van der Waals surface area (Å²) in [4.78, 5) is 23.2. The molecule has 2 rings (SSSR count). The number of sulfonamides is 1. The molecule has 0 unspecified atom stereocenters. The van der Waals surface area contributed by atoms with E-state index in [1.807, 2.05) is 0 Å². The minimum atomic E-state index is -3.69. The van der Waals surface area contributed by atoms with Crippen molar-refractivity contribution in [3.63, 3.8) is 0 Å². The predicted molar refractivity (Wildman–Crippen MR) is 63.2 cm³/mol. The van der Waals surface area contributed by atoms with E-state index in [9.17, 15) is 23.1 Å². The van der Waals surface area contributed by atoms with E-state index in [2.05, 4.69) is 0 Å². The molecule has 1 saturated carbocycles. The normalized spacial score (nSPS) is 27.9. The molecular weight excluding hydrogens is 258 g/mol. The molecule has 18 heavy (non-hydrogen) atoms. The van der Waals surface area contributed by atoms with Gasteiger partial charge in [-0.3, -0.25) is 9.59 Å². The number of aliphatic carboxylic acids is 1. The van der Waals surface area contributed by atoms with Gasteiger partial charge < -0.3 is 5.11 Å². The molecule has 1 heterocycles. The SMILES string of the molecule is CC1(C)C(=O)N(CC2(C(=O)O)CCCC2)S1(=O)=O. The number of amides is 1. The maximum Gasteiger partial charge on any atom is 0.311 e. The average molecular weight is 275 g/mol. The highest BCUT2D eigenvalue weighted by Gasteiger charge is 2.62. The van der Waals surface area contributed by atoms with Gasteiger partial charge in [-0.2, -0.15) is 0 Å². The second-order valence-electron chi connectivity index (χ2n) is 5.62. The molecule has 102 valence electrons. The zero-order chi connectivity index (χ0) is 13.8. The summed E-state index contributed by atoms with van der Waals surface area (Å²) in [7, 11) is -3.69. The minimum Gasteiger partial charge on any atom is -0.481 e. The van der Waals surface area contributed by atoms with E-state index in [1.165, 1.54) is 13.8 Å². The lowest BCUT2D eigenvalue weighted by atomic mass is 9.86. The zero-order valence-electron chi connectivity index (χ0n) is 10.5.